The molecule has 0 aromatic carbocycles. The van der Waals surface area contributed by atoms with Gasteiger partial charge in [-0.05, 0) is 38.7 Å². The minimum Gasteiger partial charge on any atom is -0.478 e. The summed E-state index contributed by atoms with van der Waals surface area (Å²) in [6, 6.07) is 5.83. The molecule has 0 spiro atoms. The first-order valence-electron chi connectivity index (χ1n) is 6.40. The lowest BCUT2D eigenvalue weighted by atomic mass is 10.2. The number of hydrogen-bond donors (Lipinski definition) is 1. The Morgan fingerprint density at radius 1 is 1.41 bits per heavy atom. The fraction of sp³-hybridized carbons (Fsp3) is 0.500. The van der Waals surface area contributed by atoms with Crippen LogP contribution in [0, 0.1) is 0 Å². The predicted octanol–water partition coefficient (Wildman–Crippen LogP) is 3.39. The van der Waals surface area contributed by atoms with Crippen LogP contribution in [-0.2, 0) is 0 Å². The third-order valence-corrected chi connectivity index (χ3v) is 2.90. The van der Waals surface area contributed by atoms with Crippen molar-refractivity contribution in [2.75, 3.05) is 18.5 Å². The lowest BCUT2D eigenvalue weighted by Gasteiger charge is -2.08. The second-order valence-electron chi connectivity index (χ2n) is 4.23. The van der Waals surface area contributed by atoms with Crippen LogP contribution in [0.25, 0.3) is 0 Å². The van der Waals surface area contributed by atoms with Crippen molar-refractivity contribution in [2.45, 2.75) is 32.6 Å². The van der Waals surface area contributed by atoms with Crippen LogP contribution in [0.1, 0.15) is 32.6 Å². The van der Waals surface area contributed by atoms with Crippen molar-refractivity contribution in [3.8, 4) is 5.88 Å². The Kier molecular flexibility index (Phi) is 4.42. The fourth-order valence-corrected chi connectivity index (χ4v) is 2.06. The monoisotopic (exact) mass is 232 g/mol. The smallest absolute Gasteiger partial charge is 0.215 e. The maximum absolute atomic E-state index is 5.36. The zero-order chi connectivity index (χ0) is 11.9. The summed E-state index contributed by atoms with van der Waals surface area (Å²) in [6.07, 6.45) is 7.35. The summed E-state index contributed by atoms with van der Waals surface area (Å²) in [7, 11) is 0. The molecule has 3 nitrogen and oxygen atoms in total. The molecule has 0 saturated carbocycles. The Bertz CT molecular complexity index is 388. The normalized spacial score (nSPS) is 14.5. The fourth-order valence-electron chi connectivity index (χ4n) is 2.06. The van der Waals surface area contributed by atoms with Gasteiger partial charge in [0.1, 0.15) is 5.82 Å². The molecule has 0 radical (unpaired) electrons. The molecule has 0 amide bonds. The van der Waals surface area contributed by atoms with Gasteiger partial charge in [-0.3, -0.25) is 0 Å². The number of pyridine rings is 1. The van der Waals surface area contributed by atoms with Crippen molar-refractivity contribution in [3.05, 3.63) is 29.8 Å². The highest BCUT2D eigenvalue weighted by Crippen LogP contribution is 2.20. The second kappa shape index (κ2) is 6.28. The van der Waals surface area contributed by atoms with Crippen LogP contribution in [-0.4, -0.2) is 18.1 Å². The van der Waals surface area contributed by atoms with Crippen LogP contribution in [0.15, 0.2) is 29.8 Å². The molecule has 3 heteroatoms. The Morgan fingerprint density at radius 2 is 2.35 bits per heavy atom. The average molecular weight is 232 g/mol. The number of allylic oxidation sites excluding steroid dienone is 1. The zero-order valence-electron chi connectivity index (χ0n) is 10.4. The van der Waals surface area contributed by atoms with Gasteiger partial charge in [0, 0.05) is 12.6 Å². The molecular weight excluding hydrogens is 212 g/mol. The molecule has 92 valence electrons. The SMILES string of the molecule is CCOc1cccc(NCCC2=CCCC2)n1. The van der Waals surface area contributed by atoms with E-state index < -0.39 is 0 Å². The second-order valence-corrected chi connectivity index (χ2v) is 4.23. The summed E-state index contributed by atoms with van der Waals surface area (Å²) in [4.78, 5) is 4.37. The summed E-state index contributed by atoms with van der Waals surface area (Å²) in [5, 5.41) is 3.34. The quantitative estimate of drug-likeness (QED) is 0.763. The van der Waals surface area contributed by atoms with E-state index in [1.807, 2.05) is 25.1 Å². The first-order valence-corrected chi connectivity index (χ1v) is 6.40. The van der Waals surface area contributed by atoms with Gasteiger partial charge in [-0.1, -0.05) is 17.7 Å². The van der Waals surface area contributed by atoms with Gasteiger partial charge in [0.2, 0.25) is 5.88 Å². The lowest BCUT2D eigenvalue weighted by molar-refractivity contribution is 0.327. The maximum Gasteiger partial charge on any atom is 0.215 e. The van der Waals surface area contributed by atoms with Crippen LogP contribution in [0.3, 0.4) is 0 Å². The van der Waals surface area contributed by atoms with Gasteiger partial charge < -0.3 is 10.1 Å². The molecule has 0 aliphatic heterocycles. The van der Waals surface area contributed by atoms with E-state index in [1.165, 1.54) is 19.3 Å². The molecule has 1 aliphatic rings. The Hall–Kier alpha value is -1.51. The van der Waals surface area contributed by atoms with E-state index in [2.05, 4.69) is 16.4 Å². The zero-order valence-corrected chi connectivity index (χ0v) is 10.4. The average Bonchev–Trinajstić information content (AvgIpc) is 2.83. The first-order chi connectivity index (χ1) is 8.38. The summed E-state index contributed by atoms with van der Waals surface area (Å²) in [6.45, 7) is 3.58. The molecule has 1 N–H and O–H groups in total. The molecule has 0 bridgehead atoms. The topological polar surface area (TPSA) is 34.1 Å². The van der Waals surface area contributed by atoms with Gasteiger partial charge in [-0.15, -0.1) is 0 Å². The molecule has 0 unspecified atom stereocenters. The Balaban J connectivity index is 1.79. The minimum absolute atomic E-state index is 0.656. The number of nitrogens with zero attached hydrogens (tertiary/aromatic N) is 1. The van der Waals surface area contributed by atoms with Crippen LogP contribution >= 0.6 is 0 Å². The number of hydrogen-bond acceptors (Lipinski definition) is 3. The Labute approximate surface area is 103 Å². The van der Waals surface area contributed by atoms with E-state index in [4.69, 9.17) is 4.74 Å². The van der Waals surface area contributed by atoms with Gasteiger partial charge in [-0.2, -0.15) is 4.98 Å². The van der Waals surface area contributed by atoms with Gasteiger partial charge in [-0.25, -0.2) is 0 Å². The third kappa shape index (κ3) is 3.77. The molecule has 1 aromatic heterocycles. The van der Waals surface area contributed by atoms with E-state index in [0.29, 0.717) is 12.5 Å². The standard InChI is InChI=1S/C14H20N2O/c1-2-17-14-9-5-8-13(16-14)15-11-10-12-6-3-4-7-12/h5-6,8-9H,2-4,7,10-11H2,1H3,(H,15,16). The Morgan fingerprint density at radius 3 is 3.12 bits per heavy atom. The maximum atomic E-state index is 5.36. The van der Waals surface area contributed by atoms with Crippen molar-refractivity contribution >= 4 is 5.82 Å². The molecule has 1 heterocycles. The van der Waals surface area contributed by atoms with Crippen LogP contribution < -0.4 is 10.1 Å². The molecule has 17 heavy (non-hydrogen) atoms. The van der Waals surface area contributed by atoms with Crippen molar-refractivity contribution < 1.29 is 4.74 Å². The van der Waals surface area contributed by atoms with Crippen molar-refractivity contribution in [1.29, 1.82) is 0 Å². The van der Waals surface area contributed by atoms with Gasteiger partial charge in [0.25, 0.3) is 0 Å². The van der Waals surface area contributed by atoms with Gasteiger partial charge in [0.05, 0.1) is 6.61 Å². The number of anilines is 1. The summed E-state index contributed by atoms with van der Waals surface area (Å²) < 4.78 is 5.36. The highest BCUT2D eigenvalue weighted by Gasteiger charge is 2.04. The number of ether oxygens (including phenoxy) is 1. The van der Waals surface area contributed by atoms with Crippen molar-refractivity contribution in [2.24, 2.45) is 0 Å². The van der Waals surface area contributed by atoms with Crippen LogP contribution in [0.2, 0.25) is 0 Å². The third-order valence-electron chi connectivity index (χ3n) is 2.90. The highest BCUT2D eigenvalue weighted by molar-refractivity contribution is 5.37. The first kappa shape index (κ1) is 12.0. The summed E-state index contributed by atoms with van der Waals surface area (Å²) >= 11 is 0. The lowest BCUT2D eigenvalue weighted by Crippen LogP contribution is -2.05. The molecule has 0 fully saturated rings. The van der Waals surface area contributed by atoms with Crippen molar-refractivity contribution in [1.82, 2.24) is 4.98 Å². The number of nitrogens with one attached hydrogen (secondary N) is 1. The largest absolute Gasteiger partial charge is 0.478 e. The number of rotatable bonds is 6. The van der Waals surface area contributed by atoms with E-state index >= 15 is 0 Å². The highest BCUT2D eigenvalue weighted by atomic mass is 16.5. The van der Waals surface area contributed by atoms with Crippen molar-refractivity contribution in [3.63, 3.8) is 0 Å². The van der Waals surface area contributed by atoms with Crippen LogP contribution in [0.4, 0.5) is 5.82 Å². The van der Waals surface area contributed by atoms with E-state index in [-0.39, 0.29) is 0 Å². The summed E-state index contributed by atoms with van der Waals surface area (Å²) in [5.41, 5.74) is 1.58. The van der Waals surface area contributed by atoms with Crippen LogP contribution in [0.5, 0.6) is 5.88 Å². The van der Waals surface area contributed by atoms with Gasteiger partial charge >= 0.3 is 0 Å². The van der Waals surface area contributed by atoms with E-state index in [0.717, 1.165) is 18.8 Å². The van der Waals surface area contributed by atoms with Gasteiger partial charge in [0.15, 0.2) is 0 Å². The van der Waals surface area contributed by atoms with E-state index in [1.54, 1.807) is 5.57 Å². The molecule has 1 aromatic rings. The summed E-state index contributed by atoms with van der Waals surface area (Å²) in [5.74, 6) is 1.59. The molecule has 0 saturated heterocycles. The molecule has 1 aliphatic carbocycles. The minimum atomic E-state index is 0.656. The molecule has 2 rings (SSSR count). The molecule has 0 atom stereocenters. The number of aromatic nitrogens is 1. The predicted molar refractivity (Wildman–Crippen MR) is 70.4 cm³/mol. The van der Waals surface area contributed by atoms with E-state index in [9.17, 15) is 0 Å². The molecular formula is C14H20N2O.